The molecule has 0 heterocycles. The molecule has 0 aliphatic carbocycles. The fraction of sp³-hybridized carbons (Fsp3) is 0.647. The zero-order chi connectivity index (χ0) is 14.3. The van der Waals surface area contributed by atoms with Gasteiger partial charge in [0.2, 0.25) is 0 Å². The second kappa shape index (κ2) is 8.34. The molecular weight excluding hydrogens is 234 g/mol. The largest absolute Gasteiger partial charge is 0.383 e. The van der Waals surface area contributed by atoms with Gasteiger partial charge in [0.25, 0.3) is 0 Å². The van der Waals surface area contributed by atoms with Gasteiger partial charge in [-0.3, -0.25) is 0 Å². The Morgan fingerprint density at radius 2 is 1.63 bits per heavy atom. The summed E-state index contributed by atoms with van der Waals surface area (Å²) in [5.74, 6) is 0.596. The minimum Gasteiger partial charge on any atom is -0.383 e. The molecule has 2 atom stereocenters. The van der Waals surface area contributed by atoms with Crippen molar-refractivity contribution in [3.05, 3.63) is 35.4 Å². The van der Waals surface area contributed by atoms with E-state index in [0.29, 0.717) is 18.0 Å². The maximum absolute atomic E-state index is 5.28. The SMILES string of the molecule is CCCC(COC)NC(C)c1ccc(C(C)C)cc1. The summed E-state index contributed by atoms with van der Waals surface area (Å²) >= 11 is 0. The van der Waals surface area contributed by atoms with E-state index in [-0.39, 0.29) is 0 Å². The lowest BCUT2D eigenvalue weighted by molar-refractivity contribution is 0.157. The van der Waals surface area contributed by atoms with Gasteiger partial charge in [-0.25, -0.2) is 0 Å². The van der Waals surface area contributed by atoms with Gasteiger partial charge >= 0.3 is 0 Å². The molecule has 19 heavy (non-hydrogen) atoms. The van der Waals surface area contributed by atoms with Gasteiger partial charge in [0.05, 0.1) is 6.61 Å². The van der Waals surface area contributed by atoms with Crippen LogP contribution in [0.1, 0.15) is 63.6 Å². The zero-order valence-corrected chi connectivity index (χ0v) is 13.1. The van der Waals surface area contributed by atoms with E-state index in [1.54, 1.807) is 7.11 Å². The number of hydrogen-bond donors (Lipinski definition) is 1. The van der Waals surface area contributed by atoms with Crippen LogP contribution in [0.15, 0.2) is 24.3 Å². The molecule has 0 aromatic heterocycles. The van der Waals surface area contributed by atoms with Gasteiger partial charge in [-0.1, -0.05) is 51.5 Å². The normalized spacial score (nSPS) is 14.6. The van der Waals surface area contributed by atoms with E-state index in [9.17, 15) is 0 Å². The second-order valence-corrected chi connectivity index (χ2v) is 5.65. The maximum Gasteiger partial charge on any atom is 0.0616 e. The molecular formula is C17H29NO. The Hall–Kier alpha value is -0.860. The Morgan fingerprint density at radius 1 is 1.05 bits per heavy atom. The molecule has 1 rings (SSSR count). The molecule has 1 aromatic rings. The quantitative estimate of drug-likeness (QED) is 0.756. The van der Waals surface area contributed by atoms with Crippen LogP contribution in [0, 0.1) is 0 Å². The van der Waals surface area contributed by atoms with Gasteiger partial charge < -0.3 is 10.1 Å². The van der Waals surface area contributed by atoms with E-state index >= 15 is 0 Å². The maximum atomic E-state index is 5.28. The van der Waals surface area contributed by atoms with Crippen molar-refractivity contribution >= 4 is 0 Å². The summed E-state index contributed by atoms with van der Waals surface area (Å²) in [4.78, 5) is 0. The first-order valence-electron chi connectivity index (χ1n) is 7.43. The number of rotatable bonds is 8. The van der Waals surface area contributed by atoms with Gasteiger partial charge in [-0.15, -0.1) is 0 Å². The third kappa shape index (κ3) is 5.33. The molecule has 0 aliphatic rings. The third-order valence-electron chi connectivity index (χ3n) is 3.59. The van der Waals surface area contributed by atoms with Crippen LogP contribution < -0.4 is 5.32 Å². The molecule has 0 aliphatic heterocycles. The van der Waals surface area contributed by atoms with Crippen LogP contribution in [0.25, 0.3) is 0 Å². The van der Waals surface area contributed by atoms with E-state index in [2.05, 4.69) is 57.3 Å². The molecule has 0 fully saturated rings. The van der Waals surface area contributed by atoms with E-state index < -0.39 is 0 Å². The van der Waals surface area contributed by atoms with Crippen molar-refractivity contribution in [3.8, 4) is 0 Å². The molecule has 2 heteroatoms. The number of benzene rings is 1. The summed E-state index contributed by atoms with van der Waals surface area (Å²) in [6.45, 7) is 9.68. The molecule has 0 spiro atoms. The van der Waals surface area contributed by atoms with Crippen LogP contribution in [-0.4, -0.2) is 19.8 Å². The smallest absolute Gasteiger partial charge is 0.0616 e. The average Bonchev–Trinajstić information content (AvgIpc) is 2.39. The van der Waals surface area contributed by atoms with Gasteiger partial charge in [0.1, 0.15) is 0 Å². The van der Waals surface area contributed by atoms with E-state index in [0.717, 1.165) is 13.0 Å². The van der Waals surface area contributed by atoms with Gasteiger partial charge in [0, 0.05) is 19.2 Å². The molecule has 0 bridgehead atoms. The minimum absolute atomic E-state index is 0.368. The van der Waals surface area contributed by atoms with E-state index in [1.807, 2.05) is 0 Å². The number of ether oxygens (including phenoxy) is 1. The molecule has 0 saturated carbocycles. The van der Waals surface area contributed by atoms with Crippen LogP contribution in [0.4, 0.5) is 0 Å². The first-order valence-corrected chi connectivity index (χ1v) is 7.43. The Balaban J connectivity index is 2.62. The van der Waals surface area contributed by atoms with Crippen molar-refractivity contribution in [1.82, 2.24) is 5.32 Å². The van der Waals surface area contributed by atoms with Crippen LogP contribution >= 0.6 is 0 Å². The standard InChI is InChI=1S/C17H29NO/c1-6-7-17(12-19-5)18-14(4)16-10-8-15(9-11-16)13(2)3/h8-11,13-14,17-18H,6-7,12H2,1-5H3. The van der Waals surface area contributed by atoms with Gasteiger partial charge in [0.15, 0.2) is 0 Å². The third-order valence-corrected chi connectivity index (χ3v) is 3.59. The summed E-state index contributed by atoms with van der Waals surface area (Å²) in [6.07, 6.45) is 2.34. The fourth-order valence-corrected chi connectivity index (χ4v) is 2.38. The van der Waals surface area contributed by atoms with Crippen molar-refractivity contribution in [1.29, 1.82) is 0 Å². The van der Waals surface area contributed by atoms with E-state index in [4.69, 9.17) is 4.74 Å². The average molecular weight is 263 g/mol. The molecule has 108 valence electrons. The fourth-order valence-electron chi connectivity index (χ4n) is 2.38. The van der Waals surface area contributed by atoms with Crippen molar-refractivity contribution < 1.29 is 4.74 Å². The lowest BCUT2D eigenvalue weighted by Gasteiger charge is -2.23. The summed E-state index contributed by atoms with van der Waals surface area (Å²) in [6, 6.07) is 9.76. The van der Waals surface area contributed by atoms with Crippen LogP contribution in [-0.2, 0) is 4.74 Å². The predicted octanol–water partition coefficient (Wildman–Crippen LogP) is 4.28. The minimum atomic E-state index is 0.368. The van der Waals surface area contributed by atoms with Crippen molar-refractivity contribution in [2.75, 3.05) is 13.7 Å². The van der Waals surface area contributed by atoms with Crippen molar-refractivity contribution in [3.63, 3.8) is 0 Å². The Labute approximate surface area is 118 Å². The Morgan fingerprint density at radius 3 is 2.11 bits per heavy atom. The van der Waals surface area contributed by atoms with E-state index in [1.165, 1.54) is 17.5 Å². The number of hydrogen-bond acceptors (Lipinski definition) is 2. The first kappa shape index (κ1) is 16.2. The summed E-state index contributed by atoms with van der Waals surface area (Å²) in [7, 11) is 1.77. The lowest BCUT2D eigenvalue weighted by atomic mass is 9.99. The topological polar surface area (TPSA) is 21.3 Å². The number of nitrogens with one attached hydrogen (secondary N) is 1. The van der Waals surface area contributed by atoms with Crippen molar-refractivity contribution in [2.24, 2.45) is 0 Å². The molecule has 2 nitrogen and oxygen atoms in total. The highest BCUT2D eigenvalue weighted by Crippen LogP contribution is 2.19. The Bertz CT molecular complexity index is 339. The number of methoxy groups -OCH3 is 1. The Kier molecular flexibility index (Phi) is 7.11. The monoisotopic (exact) mass is 263 g/mol. The molecule has 0 saturated heterocycles. The van der Waals surface area contributed by atoms with Crippen molar-refractivity contribution in [2.45, 2.75) is 58.5 Å². The predicted molar refractivity (Wildman–Crippen MR) is 82.7 cm³/mol. The molecule has 2 unspecified atom stereocenters. The highest BCUT2D eigenvalue weighted by Gasteiger charge is 2.12. The molecule has 1 aromatic carbocycles. The first-order chi connectivity index (χ1) is 9.08. The van der Waals surface area contributed by atoms with Crippen LogP contribution in [0.2, 0.25) is 0 Å². The second-order valence-electron chi connectivity index (χ2n) is 5.65. The molecule has 1 N–H and O–H groups in total. The van der Waals surface area contributed by atoms with Gasteiger partial charge in [-0.2, -0.15) is 0 Å². The van der Waals surface area contributed by atoms with Gasteiger partial charge in [-0.05, 0) is 30.4 Å². The summed E-state index contributed by atoms with van der Waals surface area (Å²) in [5, 5.41) is 3.66. The highest BCUT2D eigenvalue weighted by atomic mass is 16.5. The molecule has 0 amide bonds. The zero-order valence-electron chi connectivity index (χ0n) is 13.1. The van der Waals surface area contributed by atoms with Crippen LogP contribution in [0.3, 0.4) is 0 Å². The highest BCUT2D eigenvalue weighted by molar-refractivity contribution is 5.26. The molecule has 0 radical (unpaired) electrons. The summed E-state index contributed by atoms with van der Waals surface area (Å²) < 4.78 is 5.28. The van der Waals surface area contributed by atoms with Crippen LogP contribution in [0.5, 0.6) is 0 Å². The summed E-state index contributed by atoms with van der Waals surface area (Å²) in [5.41, 5.74) is 2.75. The lowest BCUT2D eigenvalue weighted by Crippen LogP contribution is -2.35.